The molecule has 0 aromatic heterocycles. The van der Waals surface area contributed by atoms with Crippen molar-refractivity contribution in [3.05, 3.63) is 0 Å². The summed E-state index contributed by atoms with van der Waals surface area (Å²) in [6.45, 7) is 12.8. The molecule has 102 valence electrons. The van der Waals surface area contributed by atoms with Crippen LogP contribution < -0.4 is 5.32 Å². The predicted molar refractivity (Wildman–Crippen MR) is 79.2 cm³/mol. The summed E-state index contributed by atoms with van der Waals surface area (Å²) in [4.78, 5) is 11.0. The Morgan fingerprint density at radius 3 is 2.35 bits per heavy atom. The van der Waals surface area contributed by atoms with E-state index in [1.807, 2.05) is 0 Å². The van der Waals surface area contributed by atoms with Crippen LogP contribution in [0.15, 0.2) is 0 Å². The molecule has 0 saturated carbocycles. The molecule has 0 heterocycles. The molecule has 0 aromatic carbocycles. The minimum absolute atomic E-state index is 0.0512. The van der Waals surface area contributed by atoms with Gasteiger partial charge in [0.1, 0.15) is 0 Å². The molecule has 0 aliphatic carbocycles. The third kappa shape index (κ3) is 7.21. The van der Waals surface area contributed by atoms with Crippen molar-refractivity contribution in [2.75, 3.05) is 18.5 Å². The molecule has 0 rings (SSSR count). The molecule has 0 bridgehead atoms. The van der Waals surface area contributed by atoms with Crippen molar-refractivity contribution >= 4 is 30.2 Å². The van der Waals surface area contributed by atoms with E-state index in [-0.39, 0.29) is 10.9 Å². The zero-order valence-corrected chi connectivity index (χ0v) is 14.3. The van der Waals surface area contributed by atoms with Crippen molar-refractivity contribution in [2.24, 2.45) is 0 Å². The normalized spacial score (nSPS) is 12.6. The summed E-state index contributed by atoms with van der Waals surface area (Å²) in [6.07, 6.45) is 1.99. The fourth-order valence-electron chi connectivity index (χ4n) is 1.05. The number of rotatable bonds is 7. The molecule has 1 N–H and O–H groups in total. The maximum Gasteiger partial charge on any atom is 0.230 e. The van der Waals surface area contributed by atoms with Crippen LogP contribution in [0.25, 0.3) is 0 Å². The molecule has 3 nitrogen and oxygen atoms in total. The summed E-state index contributed by atoms with van der Waals surface area (Å²) in [5.74, 6) is 0.0512. The van der Waals surface area contributed by atoms with Gasteiger partial charge in [-0.25, -0.2) is 0 Å². The summed E-state index contributed by atoms with van der Waals surface area (Å²) in [6, 6.07) is 0. The van der Waals surface area contributed by atoms with E-state index in [1.165, 1.54) is 0 Å². The van der Waals surface area contributed by atoms with Gasteiger partial charge in [-0.1, -0.05) is 36.7 Å². The number of nitrogens with one attached hydrogen (secondary N) is 1. The van der Waals surface area contributed by atoms with Gasteiger partial charge in [0.2, 0.25) is 5.91 Å². The third-order valence-corrected chi connectivity index (χ3v) is 8.33. The van der Waals surface area contributed by atoms with Crippen molar-refractivity contribution in [2.45, 2.75) is 51.7 Å². The van der Waals surface area contributed by atoms with E-state index in [4.69, 9.17) is 4.43 Å². The lowest BCUT2D eigenvalue weighted by Crippen LogP contribution is -2.41. The number of carbonyl (C=O) groups is 1. The number of alkyl halides is 1. The van der Waals surface area contributed by atoms with Crippen molar-refractivity contribution < 1.29 is 9.22 Å². The number of amides is 1. The van der Waals surface area contributed by atoms with Crippen LogP contribution in [0.4, 0.5) is 0 Å². The van der Waals surface area contributed by atoms with Gasteiger partial charge in [0.25, 0.3) is 0 Å². The Hall–Kier alpha value is 0.127. The van der Waals surface area contributed by atoms with Crippen LogP contribution in [0, 0.1) is 0 Å². The first-order valence-corrected chi connectivity index (χ1v) is 10.2. The van der Waals surface area contributed by atoms with Crippen LogP contribution in [-0.4, -0.2) is 32.7 Å². The molecule has 0 saturated heterocycles. The number of unbranched alkanes of at least 4 members (excludes halogenated alkanes) is 1. The molecule has 0 spiro atoms. The average Bonchev–Trinajstić information content (AvgIpc) is 2.21. The highest BCUT2D eigenvalue weighted by Gasteiger charge is 2.36. The van der Waals surface area contributed by atoms with Gasteiger partial charge in [-0.15, -0.1) is 0 Å². The summed E-state index contributed by atoms with van der Waals surface area (Å²) in [7, 11) is -1.59. The topological polar surface area (TPSA) is 38.3 Å². The predicted octanol–water partition coefficient (Wildman–Crippen LogP) is 3.30. The molecular weight excluding hydrogens is 298 g/mol. The zero-order valence-electron chi connectivity index (χ0n) is 11.7. The fourth-order valence-corrected chi connectivity index (χ4v) is 2.33. The molecule has 0 aliphatic heterocycles. The lowest BCUT2D eigenvalue weighted by Gasteiger charge is -2.36. The van der Waals surface area contributed by atoms with E-state index in [2.05, 4.69) is 55.1 Å². The maximum absolute atomic E-state index is 11.0. The van der Waals surface area contributed by atoms with Crippen molar-refractivity contribution in [3.63, 3.8) is 0 Å². The van der Waals surface area contributed by atoms with Gasteiger partial charge in [-0.2, -0.15) is 0 Å². The lowest BCUT2D eigenvalue weighted by molar-refractivity contribution is -0.118. The second kappa shape index (κ2) is 7.54. The third-order valence-electron chi connectivity index (χ3n) is 3.28. The molecule has 0 aliphatic rings. The van der Waals surface area contributed by atoms with Crippen LogP contribution in [0.5, 0.6) is 0 Å². The molecular formula is C12H26BrNO2Si. The van der Waals surface area contributed by atoms with Gasteiger partial charge in [0.15, 0.2) is 8.32 Å². The Balaban J connectivity index is 3.62. The lowest BCUT2D eigenvalue weighted by atomic mass is 10.2. The maximum atomic E-state index is 11.0. The van der Waals surface area contributed by atoms with Gasteiger partial charge >= 0.3 is 0 Å². The molecule has 0 unspecified atom stereocenters. The highest BCUT2D eigenvalue weighted by atomic mass is 79.9. The van der Waals surface area contributed by atoms with Crippen molar-refractivity contribution in [1.29, 1.82) is 0 Å². The Kier molecular flexibility index (Phi) is 7.59. The fraction of sp³-hybridized carbons (Fsp3) is 0.917. The molecule has 0 atom stereocenters. The van der Waals surface area contributed by atoms with Crippen molar-refractivity contribution in [1.82, 2.24) is 5.32 Å². The van der Waals surface area contributed by atoms with Gasteiger partial charge in [-0.05, 0) is 31.0 Å². The largest absolute Gasteiger partial charge is 0.417 e. The van der Waals surface area contributed by atoms with E-state index in [9.17, 15) is 4.79 Å². The number of halogens is 1. The average molecular weight is 324 g/mol. The van der Waals surface area contributed by atoms with Crippen LogP contribution in [0.2, 0.25) is 18.1 Å². The first-order chi connectivity index (χ1) is 7.70. The standard InChI is InChI=1S/C12H26BrNO2Si/c1-12(2,3)17(4,5)16-9-7-6-8-14-11(15)10-13/h6-10H2,1-5H3,(H,14,15). The SMILES string of the molecule is CC(C)(C)[Si](C)(C)OCCCCNC(=O)CBr. The summed E-state index contributed by atoms with van der Waals surface area (Å²) in [5, 5.41) is 3.49. The number of carbonyl (C=O) groups excluding carboxylic acids is 1. The van der Waals surface area contributed by atoms with E-state index in [1.54, 1.807) is 0 Å². The second-order valence-electron chi connectivity index (χ2n) is 5.80. The van der Waals surface area contributed by atoms with Crippen LogP contribution in [0.1, 0.15) is 33.6 Å². The first kappa shape index (κ1) is 17.1. The van der Waals surface area contributed by atoms with E-state index < -0.39 is 8.32 Å². The quantitative estimate of drug-likeness (QED) is 0.443. The highest BCUT2D eigenvalue weighted by Crippen LogP contribution is 2.36. The van der Waals surface area contributed by atoms with Crippen LogP contribution >= 0.6 is 15.9 Å². The van der Waals surface area contributed by atoms with Gasteiger partial charge in [0.05, 0.1) is 5.33 Å². The van der Waals surface area contributed by atoms with Crippen LogP contribution in [0.3, 0.4) is 0 Å². The monoisotopic (exact) mass is 323 g/mol. The van der Waals surface area contributed by atoms with Gasteiger partial charge < -0.3 is 9.74 Å². The Morgan fingerprint density at radius 2 is 1.88 bits per heavy atom. The highest BCUT2D eigenvalue weighted by molar-refractivity contribution is 9.09. The summed E-state index contributed by atoms with van der Waals surface area (Å²) >= 11 is 3.11. The van der Waals surface area contributed by atoms with Gasteiger partial charge in [0, 0.05) is 13.2 Å². The van der Waals surface area contributed by atoms with Crippen molar-refractivity contribution in [3.8, 4) is 0 Å². The summed E-state index contributed by atoms with van der Waals surface area (Å²) < 4.78 is 6.04. The molecule has 1 amide bonds. The zero-order chi connectivity index (χ0) is 13.5. The second-order valence-corrected chi connectivity index (χ2v) is 11.2. The van der Waals surface area contributed by atoms with E-state index in [0.29, 0.717) is 5.33 Å². The number of hydrogen-bond acceptors (Lipinski definition) is 2. The Labute approximate surface area is 115 Å². The molecule has 17 heavy (non-hydrogen) atoms. The summed E-state index contributed by atoms with van der Waals surface area (Å²) in [5.41, 5.74) is 0. The first-order valence-electron chi connectivity index (χ1n) is 6.17. The Morgan fingerprint density at radius 1 is 1.29 bits per heavy atom. The molecule has 5 heteroatoms. The Bertz CT molecular complexity index is 239. The molecule has 0 radical (unpaired) electrons. The van der Waals surface area contributed by atoms with Crippen LogP contribution in [-0.2, 0) is 9.22 Å². The minimum Gasteiger partial charge on any atom is -0.417 e. The molecule has 0 fully saturated rings. The minimum atomic E-state index is -1.59. The van der Waals surface area contributed by atoms with E-state index in [0.717, 1.165) is 26.0 Å². The molecule has 0 aromatic rings. The number of hydrogen-bond donors (Lipinski definition) is 1. The van der Waals surface area contributed by atoms with Gasteiger partial charge in [-0.3, -0.25) is 4.79 Å². The van der Waals surface area contributed by atoms with E-state index >= 15 is 0 Å². The smallest absolute Gasteiger partial charge is 0.230 e.